The Hall–Kier alpha value is -1.50. The van der Waals surface area contributed by atoms with Crippen LogP contribution in [-0.4, -0.2) is 40.3 Å². The molecule has 0 saturated heterocycles. The van der Waals surface area contributed by atoms with Gasteiger partial charge >= 0.3 is 17.9 Å². The number of carboxylic acid groups (broad SMARTS) is 1. The van der Waals surface area contributed by atoms with Crippen molar-refractivity contribution < 1.29 is 33.3 Å². The zero-order valence-corrected chi connectivity index (χ0v) is 10.5. The van der Waals surface area contributed by atoms with Gasteiger partial charge in [0.1, 0.15) is 5.60 Å². The summed E-state index contributed by atoms with van der Waals surface area (Å²) in [6.07, 6.45) is 0.480. The predicted octanol–water partition coefficient (Wildman–Crippen LogP) is 1.50. The zero-order chi connectivity index (χ0) is 14.7. The van der Waals surface area contributed by atoms with Crippen LogP contribution < -0.4 is 0 Å². The van der Waals surface area contributed by atoms with Crippen LogP contribution in [0.3, 0.4) is 0 Å². The number of esters is 1. The van der Waals surface area contributed by atoms with Crippen LogP contribution in [-0.2, 0) is 14.3 Å². The van der Waals surface area contributed by atoms with Gasteiger partial charge in [0.05, 0.1) is 6.61 Å². The van der Waals surface area contributed by atoms with Crippen LogP contribution >= 0.6 is 0 Å². The van der Waals surface area contributed by atoms with Gasteiger partial charge in [0.25, 0.3) is 0 Å². The smallest absolute Gasteiger partial charge is 0.377 e. The van der Waals surface area contributed by atoms with Crippen molar-refractivity contribution in [2.75, 3.05) is 6.61 Å². The molecule has 1 aliphatic carbocycles. The van der Waals surface area contributed by atoms with Crippen LogP contribution in [0.2, 0.25) is 0 Å². The van der Waals surface area contributed by atoms with Crippen molar-refractivity contribution in [3.05, 3.63) is 11.6 Å². The number of allylic oxidation sites excluding steroid dienone is 1. The molecule has 7 heteroatoms. The number of carbonyl (C=O) groups is 2. The largest absolute Gasteiger partial charge is 0.477 e. The summed E-state index contributed by atoms with van der Waals surface area (Å²) in [6, 6.07) is 0. The zero-order valence-electron chi connectivity index (χ0n) is 10.5. The van der Waals surface area contributed by atoms with Crippen molar-refractivity contribution in [2.45, 2.75) is 44.1 Å². The van der Waals surface area contributed by atoms with Gasteiger partial charge < -0.3 is 14.9 Å². The molecule has 1 saturated carbocycles. The van der Waals surface area contributed by atoms with Crippen LogP contribution in [0.25, 0.3) is 0 Å². The fraction of sp³-hybridized carbons (Fsp3) is 0.667. The molecular formula is C12H16F2O5. The number of carboxylic acids is 1. The number of ether oxygens (including phenoxy) is 1. The maximum Gasteiger partial charge on any atom is 0.377 e. The van der Waals surface area contributed by atoms with E-state index in [1.54, 1.807) is 6.92 Å². The molecule has 0 spiro atoms. The van der Waals surface area contributed by atoms with Crippen LogP contribution in [0.4, 0.5) is 8.78 Å². The van der Waals surface area contributed by atoms with E-state index >= 15 is 0 Å². The van der Waals surface area contributed by atoms with E-state index in [1.807, 2.05) is 0 Å². The lowest BCUT2D eigenvalue weighted by Crippen LogP contribution is -2.54. The van der Waals surface area contributed by atoms with E-state index in [-0.39, 0.29) is 19.4 Å². The Labute approximate surface area is 108 Å². The summed E-state index contributed by atoms with van der Waals surface area (Å²) in [7, 11) is 0. The van der Waals surface area contributed by atoms with E-state index in [4.69, 9.17) is 5.11 Å². The summed E-state index contributed by atoms with van der Waals surface area (Å²) in [5, 5.41) is 18.2. The minimum absolute atomic E-state index is 0.0399. The van der Waals surface area contributed by atoms with Crippen molar-refractivity contribution in [2.24, 2.45) is 0 Å². The van der Waals surface area contributed by atoms with Crippen molar-refractivity contribution in [3.8, 4) is 0 Å². The van der Waals surface area contributed by atoms with Gasteiger partial charge in [-0.25, -0.2) is 9.59 Å². The summed E-state index contributed by atoms with van der Waals surface area (Å²) in [6.45, 7) is 1.85. The number of hydrogen-bond donors (Lipinski definition) is 2. The Bertz CT molecular complexity index is 393. The maximum atomic E-state index is 13.4. The molecule has 5 nitrogen and oxygen atoms in total. The highest BCUT2D eigenvalue weighted by Gasteiger charge is 2.59. The Kier molecular flexibility index (Phi) is 4.62. The number of hydrogen-bond acceptors (Lipinski definition) is 4. The minimum atomic E-state index is -4.19. The van der Waals surface area contributed by atoms with Crippen molar-refractivity contribution in [1.82, 2.24) is 0 Å². The van der Waals surface area contributed by atoms with Gasteiger partial charge in [-0.1, -0.05) is 5.57 Å². The van der Waals surface area contributed by atoms with Gasteiger partial charge in [0.15, 0.2) is 0 Å². The number of rotatable bonds is 4. The van der Waals surface area contributed by atoms with Gasteiger partial charge in [-0.15, -0.1) is 0 Å². The first-order chi connectivity index (χ1) is 8.73. The second-order valence-electron chi connectivity index (χ2n) is 4.47. The third kappa shape index (κ3) is 3.28. The fourth-order valence-corrected chi connectivity index (χ4v) is 1.99. The van der Waals surface area contributed by atoms with E-state index in [0.717, 1.165) is 0 Å². The van der Waals surface area contributed by atoms with Crippen molar-refractivity contribution in [1.29, 1.82) is 0 Å². The van der Waals surface area contributed by atoms with Crippen molar-refractivity contribution >= 4 is 11.9 Å². The Morgan fingerprint density at radius 1 is 1.42 bits per heavy atom. The standard InChI is InChI=1S/C12H16F2O5/c1-2-19-9(15)7-8-3-5-11(18,6-4-8)12(13,14)10(16)17/h7,18H,2-6H2,1H3,(H,16,17). The molecule has 108 valence electrons. The van der Waals surface area contributed by atoms with E-state index in [0.29, 0.717) is 5.57 Å². The molecule has 0 heterocycles. The highest BCUT2D eigenvalue weighted by molar-refractivity contribution is 5.83. The topological polar surface area (TPSA) is 83.8 Å². The summed E-state index contributed by atoms with van der Waals surface area (Å²) in [5.41, 5.74) is -1.99. The predicted molar refractivity (Wildman–Crippen MR) is 60.7 cm³/mol. The SMILES string of the molecule is CCOC(=O)C=C1CCC(O)(C(F)(F)C(=O)O)CC1. The summed E-state index contributed by atoms with van der Waals surface area (Å²) in [5.74, 6) is -7.09. The first-order valence-electron chi connectivity index (χ1n) is 5.92. The minimum Gasteiger partial charge on any atom is -0.477 e. The second kappa shape index (κ2) is 5.64. The molecule has 0 aromatic rings. The molecule has 0 unspecified atom stereocenters. The highest BCUT2D eigenvalue weighted by atomic mass is 19.3. The summed E-state index contributed by atoms with van der Waals surface area (Å²) >= 11 is 0. The molecule has 0 aliphatic heterocycles. The normalized spacial score (nSPS) is 23.9. The second-order valence-corrected chi connectivity index (χ2v) is 4.47. The van der Waals surface area contributed by atoms with Crippen LogP contribution in [0, 0.1) is 0 Å². The first kappa shape index (κ1) is 15.6. The molecule has 2 N–H and O–H groups in total. The van der Waals surface area contributed by atoms with E-state index in [1.165, 1.54) is 6.08 Å². The lowest BCUT2D eigenvalue weighted by molar-refractivity contribution is -0.213. The van der Waals surface area contributed by atoms with Crippen LogP contribution in [0.15, 0.2) is 11.6 Å². The maximum absolute atomic E-state index is 13.4. The molecule has 1 fully saturated rings. The molecule has 0 bridgehead atoms. The lowest BCUT2D eigenvalue weighted by atomic mass is 9.78. The fourth-order valence-electron chi connectivity index (χ4n) is 1.99. The molecule has 0 radical (unpaired) electrons. The molecule has 0 atom stereocenters. The van der Waals surface area contributed by atoms with Gasteiger partial charge in [-0.05, 0) is 32.6 Å². The third-order valence-corrected chi connectivity index (χ3v) is 3.18. The quantitative estimate of drug-likeness (QED) is 0.601. The molecular weight excluding hydrogens is 262 g/mol. The van der Waals surface area contributed by atoms with Crippen molar-refractivity contribution in [3.63, 3.8) is 0 Å². The van der Waals surface area contributed by atoms with Crippen LogP contribution in [0.5, 0.6) is 0 Å². The monoisotopic (exact) mass is 278 g/mol. The molecule has 0 amide bonds. The average molecular weight is 278 g/mol. The molecule has 1 aliphatic rings. The van der Waals surface area contributed by atoms with E-state index in [9.17, 15) is 23.5 Å². The van der Waals surface area contributed by atoms with E-state index in [2.05, 4.69) is 4.74 Å². The summed E-state index contributed by atoms with van der Waals surface area (Å²) in [4.78, 5) is 21.6. The van der Waals surface area contributed by atoms with E-state index < -0.39 is 36.3 Å². The summed E-state index contributed by atoms with van der Waals surface area (Å²) < 4.78 is 31.4. The molecule has 19 heavy (non-hydrogen) atoms. The number of alkyl halides is 2. The highest BCUT2D eigenvalue weighted by Crippen LogP contribution is 2.42. The first-order valence-corrected chi connectivity index (χ1v) is 5.92. The molecule has 1 rings (SSSR count). The lowest BCUT2D eigenvalue weighted by Gasteiger charge is -2.36. The Morgan fingerprint density at radius 3 is 2.37 bits per heavy atom. The molecule has 0 aromatic carbocycles. The average Bonchev–Trinajstić information content (AvgIpc) is 2.32. The Morgan fingerprint density at radius 2 is 1.95 bits per heavy atom. The van der Waals surface area contributed by atoms with Crippen LogP contribution in [0.1, 0.15) is 32.6 Å². The third-order valence-electron chi connectivity index (χ3n) is 3.18. The van der Waals surface area contributed by atoms with Gasteiger partial charge in [-0.3, -0.25) is 0 Å². The van der Waals surface area contributed by atoms with Gasteiger partial charge in [0.2, 0.25) is 0 Å². The number of aliphatic carboxylic acids is 1. The molecule has 0 aromatic heterocycles. The number of aliphatic hydroxyl groups is 1. The van der Waals surface area contributed by atoms with Gasteiger partial charge in [0, 0.05) is 6.08 Å². The van der Waals surface area contributed by atoms with Gasteiger partial charge in [-0.2, -0.15) is 8.78 Å². The number of halogens is 2. The number of carbonyl (C=O) groups excluding carboxylic acids is 1. The Balaban J connectivity index is 2.72.